The van der Waals surface area contributed by atoms with E-state index in [1.54, 1.807) is 41.3 Å². The molecule has 7 nitrogen and oxygen atoms in total. The molecule has 1 saturated heterocycles. The van der Waals surface area contributed by atoms with Crippen LogP contribution < -0.4 is 5.32 Å². The van der Waals surface area contributed by atoms with Crippen LogP contribution in [0.1, 0.15) is 21.5 Å². The number of hydrogen-bond donors (Lipinski definition) is 5. The van der Waals surface area contributed by atoms with Gasteiger partial charge in [-0.1, -0.05) is 24.3 Å². The first kappa shape index (κ1) is 21.4. The van der Waals surface area contributed by atoms with Crippen LogP contribution in [0, 0.1) is 5.82 Å². The molecule has 1 amide bonds. The SMILES string of the molecule is O=C(NCc1ccc(F)cc1)c1ccc(CN2C[C@H](O)[C@@H](O)[C@H](O)[C@@H]2CO)cc1. The minimum Gasteiger partial charge on any atom is -0.395 e. The molecule has 8 heteroatoms. The topological polar surface area (TPSA) is 113 Å². The highest BCUT2D eigenvalue weighted by atomic mass is 19.1. The molecule has 1 aliphatic heterocycles. The van der Waals surface area contributed by atoms with E-state index in [-0.39, 0.29) is 31.4 Å². The smallest absolute Gasteiger partial charge is 0.251 e. The molecule has 2 aromatic rings. The quantitative estimate of drug-likeness (QED) is 0.464. The Morgan fingerprint density at radius 3 is 2.24 bits per heavy atom. The van der Waals surface area contributed by atoms with Crippen molar-refractivity contribution in [2.45, 2.75) is 37.4 Å². The monoisotopic (exact) mass is 404 g/mol. The summed E-state index contributed by atoms with van der Waals surface area (Å²) < 4.78 is 12.9. The van der Waals surface area contributed by atoms with Crippen LogP contribution in [0.15, 0.2) is 48.5 Å². The number of piperidine rings is 1. The molecule has 0 unspecified atom stereocenters. The fraction of sp³-hybridized carbons (Fsp3) is 0.381. The summed E-state index contributed by atoms with van der Waals surface area (Å²) in [5, 5.41) is 42.0. The first-order chi connectivity index (χ1) is 13.9. The van der Waals surface area contributed by atoms with E-state index < -0.39 is 24.4 Å². The lowest BCUT2D eigenvalue weighted by atomic mass is 9.93. The van der Waals surface area contributed by atoms with E-state index in [9.17, 15) is 29.6 Å². The number of carbonyl (C=O) groups excluding carboxylic acids is 1. The number of benzene rings is 2. The van der Waals surface area contributed by atoms with Crippen LogP contribution in [0.5, 0.6) is 0 Å². The Labute approximate surface area is 168 Å². The molecule has 1 fully saturated rings. The van der Waals surface area contributed by atoms with E-state index >= 15 is 0 Å². The molecule has 29 heavy (non-hydrogen) atoms. The summed E-state index contributed by atoms with van der Waals surface area (Å²) in [5.74, 6) is -0.594. The van der Waals surface area contributed by atoms with Gasteiger partial charge in [0.05, 0.1) is 18.8 Å². The predicted octanol–water partition coefficient (Wildman–Crippen LogP) is 0.0149. The number of amides is 1. The molecular weight excluding hydrogens is 379 g/mol. The molecule has 156 valence electrons. The van der Waals surface area contributed by atoms with Gasteiger partial charge < -0.3 is 25.7 Å². The van der Waals surface area contributed by atoms with Crippen molar-refractivity contribution in [2.24, 2.45) is 0 Å². The highest BCUT2D eigenvalue weighted by Crippen LogP contribution is 2.21. The molecule has 1 aliphatic rings. The number of carbonyl (C=O) groups is 1. The molecule has 3 rings (SSSR count). The average Bonchev–Trinajstić information content (AvgIpc) is 2.72. The van der Waals surface area contributed by atoms with Crippen LogP contribution in [0.25, 0.3) is 0 Å². The summed E-state index contributed by atoms with van der Waals surface area (Å²) in [6.07, 6.45) is -3.65. The zero-order valence-electron chi connectivity index (χ0n) is 15.8. The second-order valence-corrected chi connectivity index (χ2v) is 7.23. The average molecular weight is 404 g/mol. The molecule has 0 spiro atoms. The number of rotatable bonds is 6. The Morgan fingerprint density at radius 2 is 1.62 bits per heavy atom. The minimum atomic E-state index is -1.30. The first-order valence-corrected chi connectivity index (χ1v) is 9.39. The van der Waals surface area contributed by atoms with Crippen molar-refractivity contribution in [3.05, 3.63) is 71.0 Å². The van der Waals surface area contributed by atoms with E-state index in [2.05, 4.69) is 5.32 Å². The van der Waals surface area contributed by atoms with Gasteiger partial charge in [-0.15, -0.1) is 0 Å². The molecular formula is C21H25FN2O5. The fourth-order valence-corrected chi connectivity index (χ4v) is 3.44. The lowest BCUT2D eigenvalue weighted by molar-refractivity contribution is -0.147. The highest BCUT2D eigenvalue weighted by Gasteiger charge is 2.40. The van der Waals surface area contributed by atoms with E-state index in [1.165, 1.54) is 12.1 Å². The van der Waals surface area contributed by atoms with Gasteiger partial charge in [0.2, 0.25) is 0 Å². The third-order valence-electron chi connectivity index (χ3n) is 5.18. The van der Waals surface area contributed by atoms with Crippen LogP contribution in [0.2, 0.25) is 0 Å². The molecule has 0 bridgehead atoms. The van der Waals surface area contributed by atoms with Gasteiger partial charge in [-0.3, -0.25) is 9.69 Å². The number of likely N-dealkylation sites (tertiary alicyclic amines) is 1. The summed E-state index contributed by atoms with van der Waals surface area (Å²) in [5.41, 5.74) is 2.08. The van der Waals surface area contributed by atoms with Crippen molar-refractivity contribution in [1.82, 2.24) is 10.2 Å². The van der Waals surface area contributed by atoms with Crippen LogP contribution in [-0.4, -0.2) is 68.7 Å². The number of aliphatic hydroxyl groups excluding tert-OH is 4. The third kappa shape index (κ3) is 5.17. The Bertz CT molecular complexity index is 815. The van der Waals surface area contributed by atoms with E-state index in [0.717, 1.165) is 11.1 Å². The molecule has 4 atom stereocenters. The normalized spacial score (nSPS) is 25.0. The van der Waals surface area contributed by atoms with E-state index in [1.807, 2.05) is 0 Å². The van der Waals surface area contributed by atoms with E-state index in [4.69, 9.17) is 0 Å². The Balaban J connectivity index is 1.59. The zero-order chi connectivity index (χ0) is 21.0. The number of hydrogen-bond acceptors (Lipinski definition) is 6. The van der Waals surface area contributed by atoms with Crippen LogP contribution in [0.3, 0.4) is 0 Å². The first-order valence-electron chi connectivity index (χ1n) is 9.39. The van der Waals surface area contributed by atoms with Gasteiger partial charge in [0.1, 0.15) is 18.0 Å². The van der Waals surface area contributed by atoms with Crippen LogP contribution in [0.4, 0.5) is 4.39 Å². The van der Waals surface area contributed by atoms with Crippen molar-refractivity contribution in [2.75, 3.05) is 13.2 Å². The van der Waals surface area contributed by atoms with Gasteiger partial charge in [-0.05, 0) is 35.4 Å². The second-order valence-electron chi connectivity index (χ2n) is 7.23. The maximum Gasteiger partial charge on any atom is 0.251 e. The highest BCUT2D eigenvalue weighted by molar-refractivity contribution is 5.94. The summed E-state index contributed by atoms with van der Waals surface area (Å²) in [4.78, 5) is 14.0. The van der Waals surface area contributed by atoms with Gasteiger partial charge in [0, 0.05) is 25.2 Å². The molecule has 0 aromatic heterocycles. The van der Waals surface area contributed by atoms with Crippen molar-refractivity contribution < 1.29 is 29.6 Å². The van der Waals surface area contributed by atoms with Crippen LogP contribution >= 0.6 is 0 Å². The minimum absolute atomic E-state index is 0.114. The van der Waals surface area contributed by atoms with Gasteiger partial charge in [-0.2, -0.15) is 0 Å². The van der Waals surface area contributed by atoms with Crippen molar-refractivity contribution >= 4 is 5.91 Å². The number of β-amino-alcohol motifs (C(OH)–C–C–N with tert-alkyl or cyclic N) is 1. The Kier molecular flexibility index (Phi) is 6.94. The molecule has 0 aliphatic carbocycles. The molecule has 1 heterocycles. The third-order valence-corrected chi connectivity index (χ3v) is 5.18. The Morgan fingerprint density at radius 1 is 1.00 bits per heavy atom. The largest absolute Gasteiger partial charge is 0.395 e. The number of aliphatic hydroxyl groups is 4. The van der Waals surface area contributed by atoms with Crippen molar-refractivity contribution in [3.63, 3.8) is 0 Å². The van der Waals surface area contributed by atoms with Crippen molar-refractivity contribution in [1.29, 1.82) is 0 Å². The van der Waals surface area contributed by atoms with Gasteiger partial charge in [-0.25, -0.2) is 4.39 Å². The summed E-state index contributed by atoms with van der Waals surface area (Å²) >= 11 is 0. The zero-order valence-corrected chi connectivity index (χ0v) is 15.8. The van der Waals surface area contributed by atoms with Gasteiger partial charge in [0.25, 0.3) is 5.91 Å². The van der Waals surface area contributed by atoms with Gasteiger partial charge in [0.15, 0.2) is 0 Å². The summed E-state index contributed by atoms with van der Waals surface area (Å²) in [6, 6.07) is 12.0. The number of nitrogens with zero attached hydrogens (tertiary/aromatic N) is 1. The molecule has 0 saturated carbocycles. The maximum atomic E-state index is 12.9. The maximum absolute atomic E-state index is 12.9. The van der Waals surface area contributed by atoms with Gasteiger partial charge >= 0.3 is 0 Å². The van der Waals surface area contributed by atoms with E-state index in [0.29, 0.717) is 12.1 Å². The summed E-state index contributed by atoms with van der Waals surface area (Å²) in [6.45, 7) is 0.382. The predicted molar refractivity (Wildman–Crippen MR) is 103 cm³/mol. The lowest BCUT2D eigenvalue weighted by Gasteiger charge is -2.43. The second kappa shape index (κ2) is 9.43. The molecule has 0 radical (unpaired) electrons. The number of nitrogens with one attached hydrogen (secondary N) is 1. The Hall–Kier alpha value is -2.36. The lowest BCUT2D eigenvalue weighted by Crippen LogP contribution is -2.62. The van der Waals surface area contributed by atoms with Crippen molar-refractivity contribution in [3.8, 4) is 0 Å². The number of halogens is 1. The van der Waals surface area contributed by atoms with Crippen LogP contribution in [-0.2, 0) is 13.1 Å². The summed E-state index contributed by atoms with van der Waals surface area (Å²) in [7, 11) is 0. The molecule has 2 aromatic carbocycles. The standard InChI is InChI=1S/C21H25FN2O5/c22-16-7-3-13(4-8-16)9-23-21(29)15-5-1-14(2-6-15)10-24-11-18(26)20(28)19(27)17(24)12-25/h1-8,17-20,25-28H,9-12H2,(H,23,29)/t17-,18-,19+,20+/m0/s1. The fourth-order valence-electron chi connectivity index (χ4n) is 3.44. The molecule has 5 N–H and O–H groups in total.